The summed E-state index contributed by atoms with van der Waals surface area (Å²) in [4.78, 5) is 59.0. The van der Waals surface area contributed by atoms with Crippen LogP contribution in [0.15, 0.2) is 88.3 Å². The van der Waals surface area contributed by atoms with Gasteiger partial charge >= 0.3 is 17.9 Å². The maximum absolute atomic E-state index is 11.9. The highest BCUT2D eigenvalue weighted by atomic mass is 16.6. The van der Waals surface area contributed by atoms with Gasteiger partial charge in [0.15, 0.2) is 5.78 Å². The van der Waals surface area contributed by atoms with Crippen molar-refractivity contribution in [3.63, 3.8) is 0 Å². The lowest BCUT2D eigenvalue weighted by Gasteiger charge is -2.09. The average molecular weight is 850 g/mol. The molecule has 0 radical (unpaired) electrons. The Labute approximate surface area is 358 Å². The minimum Gasteiger partial charge on any atom is -0.480 e. The van der Waals surface area contributed by atoms with Crippen LogP contribution in [0.2, 0.25) is 0 Å². The third-order valence-corrected chi connectivity index (χ3v) is 7.96. The molecule has 0 aromatic heterocycles. The summed E-state index contributed by atoms with van der Waals surface area (Å²) in [5.41, 5.74) is 24.3. The number of carbonyl (C=O) groups excluding carboxylic acids is 1. The van der Waals surface area contributed by atoms with Crippen molar-refractivity contribution in [2.75, 3.05) is 31.7 Å². The molecular weight excluding hydrogens is 787 g/mol. The molecule has 3 aromatic carbocycles. The summed E-state index contributed by atoms with van der Waals surface area (Å²) < 4.78 is 0. The van der Waals surface area contributed by atoms with Crippen LogP contribution >= 0.6 is 0 Å². The predicted molar refractivity (Wildman–Crippen MR) is 237 cm³/mol. The minimum atomic E-state index is -1.04. The van der Waals surface area contributed by atoms with Crippen molar-refractivity contribution in [3.8, 4) is 0 Å². The smallest absolute Gasteiger partial charge is 0.320 e. The molecule has 10 N–H and O–H groups in total. The van der Waals surface area contributed by atoms with E-state index in [0.717, 1.165) is 52.4 Å². The van der Waals surface area contributed by atoms with Crippen LogP contribution in [0.25, 0.3) is 0 Å². The molecule has 334 valence electrons. The Balaban J connectivity index is 0.000000458. The van der Waals surface area contributed by atoms with E-state index in [-0.39, 0.29) is 25.2 Å². The first-order chi connectivity index (χ1) is 28.9. The van der Waals surface area contributed by atoms with Gasteiger partial charge in [0.2, 0.25) is 0 Å². The number of benzene rings is 3. The predicted octanol–water partition coefficient (Wildman–Crippen LogP) is 5.08. The second kappa shape index (κ2) is 29.9. The number of anilines is 1. The van der Waals surface area contributed by atoms with E-state index < -0.39 is 36.0 Å². The topological polar surface area (TPSA) is 284 Å². The molecule has 3 aromatic rings. The van der Waals surface area contributed by atoms with Crippen LogP contribution < -0.4 is 22.5 Å². The maximum Gasteiger partial charge on any atom is 0.320 e. The largest absolute Gasteiger partial charge is 0.480 e. The van der Waals surface area contributed by atoms with Crippen LogP contribution in [0.1, 0.15) is 87.0 Å². The fraction of sp³-hybridized carbons (Fsp3) is 0.432. The molecule has 0 saturated heterocycles. The lowest BCUT2D eigenvalue weighted by atomic mass is 10.0. The molecule has 0 aliphatic carbocycles. The number of oxime groups is 3. The molecule has 3 atom stereocenters. The van der Waals surface area contributed by atoms with Crippen LogP contribution in [0.4, 0.5) is 5.69 Å². The Kier molecular flexibility index (Phi) is 25.9. The fourth-order valence-corrected chi connectivity index (χ4v) is 4.84. The number of aryl methyl sites for hydroxylation is 1. The number of ketones is 1. The van der Waals surface area contributed by atoms with Gasteiger partial charge in [0.05, 0.1) is 23.7 Å². The molecule has 61 heavy (non-hydrogen) atoms. The van der Waals surface area contributed by atoms with Crippen molar-refractivity contribution < 1.29 is 49.0 Å². The highest BCUT2D eigenvalue weighted by Crippen LogP contribution is 2.12. The number of Topliss-reactive ketones (excluding diaryl/α,β-unsaturated/α-hetero) is 1. The van der Waals surface area contributed by atoms with Gasteiger partial charge in [0.25, 0.3) is 0 Å². The zero-order valence-corrected chi connectivity index (χ0v) is 36.0. The molecule has 0 saturated carbocycles. The summed E-state index contributed by atoms with van der Waals surface area (Å²) >= 11 is 0. The number of nitrogens with one attached hydrogen (secondary N) is 1. The van der Waals surface area contributed by atoms with Gasteiger partial charge in [-0.25, -0.2) is 0 Å². The van der Waals surface area contributed by atoms with Gasteiger partial charge < -0.3 is 52.4 Å². The van der Waals surface area contributed by atoms with Gasteiger partial charge in [-0.1, -0.05) is 76.1 Å². The lowest BCUT2D eigenvalue weighted by molar-refractivity contribution is -0.139. The highest BCUT2D eigenvalue weighted by Gasteiger charge is 2.14. The zero-order valence-electron chi connectivity index (χ0n) is 36.0. The van der Waals surface area contributed by atoms with E-state index in [1.165, 1.54) is 5.56 Å². The number of nitrogens with two attached hydrogens (primary N) is 3. The Bertz CT molecular complexity index is 1770. The number of aliphatic carboxylic acids is 3. The van der Waals surface area contributed by atoms with Gasteiger partial charge in [-0.05, 0) is 108 Å². The van der Waals surface area contributed by atoms with Crippen molar-refractivity contribution in [1.29, 1.82) is 0 Å². The molecule has 0 amide bonds. The van der Waals surface area contributed by atoms with Crippen LogP contribution in [0.3, 0.4) is 0 Å². The van der Waals surface area contributed by atoms with Crippen molar-refractivity contribution in [1.82, 2.24) is 0 Å². The van der Waals surface area contributed by atoms with Gasteiger partial charge in [0, 0.05) is 17.7 Å². The molecule has 3 rings (SSSR count). The Morgan fingerprint density at radius 3 is 1.31 bits per heavy atom. The Morgan fingerprint density at radius 2 is 0.902 bits per heavy atom. The zero-order chi connectivity index (χ0) is 45.7. The third-order valence-electron chi connectivity index (χ3n) is 7.96. The van der Waals surface area contributed by atoms with E-state index in [2.05, 4.69) is 20.8 Å². The van der Waals surface area contributed by atoms with Crippen LogP contribution in [-0.2, 0) is 54.6 Å². The Hall–Kier alpha value is -6.17. The van der Waals surface area contributed by atoms with Crippen LogP contribution in [0, 0.1) is 0 Å². The second-order valence-electron chi connectivity index (χ2n) is 14.5. The van der Waals surface area contributed by atoms with E-state index in [1.807, 2.05) is 90.1 Å². The number of carbonyl (C=O) groups is 4. The first-order valence-electron chi connectivity index (χ1n) is 19.7. The lowest BCUT2D eigenvalue weighted by Crippen LogP contribution is -2.32. The van der Waals surface area contributed by atoms with Crippen molar-refractivity contribution in [2.45, 2.75) is 98.2 Å². The van der Waals surface area contributed by atoms with E-state index >= 15 is 0 Å². The second-order valence-corrected chi connectivity index (χ2v) is 14.5. The third kappa shape index (κ3) is 25.8. The first-order valence-corrected chi connectivity index (χ1v) is 19.7. The van der Waals surface area contributed by atoms with E-state index in [1.54, 1.807) is 24.3 Å². The average Bonchev–Trinajstić information content (AvgIpc) is 3.20. The summed E-state index contributed by atoms with van der Waals surface area (Å²) in [5, 5.41) is 40.9. The summed E-state index contributed by atoms with van der Waals surface area (Å²) in [6, 6.07) is 19.5. The molecule has 17 heteroatoms. The maximum atomic E-state index is 11.9. The Morgan fingerprint density at radius 1 is 0.541 bits per heavy atom. The number of nitrogens with zero attached hydrogens (tertiary/aromatic N) is 3. The quantitative estimate of drug-likeness (QED) is 0.0268. The molecule has 0 bridgehead atoms. The fourth-order valence-electron chi connectivity index (χ4n) is 4.84. The molecule has 0 heterocycles. The molecule has 0 aliphatic rings. The standard InChI is InChI=1S/C15H20N2O4.C15H22N2O3.C14H21N3O3/c1-10(2)17-21-8-7-14(18)12-5-3-11(4-6-12)9-13(16)15(19)20;1-11(2)17-20-9-3-4-12-5-7-13(8-6-12)10-14(16)15(18)19;1-10(2)17-20-8-7-16-12-5-3-11(4-6-12)9-13(15)14(18)19/h3-6,13H,7-9,16H2,1-2H3,(H,19,20);5-8,14H,3-4,9-10,16H2,1-2H3,(H,18,19);3-6,13,16H,7-9,15H2,1-2H3,(H,18,19). The van der Waals surface area contributed by atoms with Crippen LogP contribution in [0.5, 0.6) is 0 Å². The normalized spacial score (nSPS) is 11.6. The van der Waals surface area contributed by atoms with Gasteiger partial charge in [-0.15, -0.1) is 0 Å². The van der Waals surface area contributed by atoms with Gasteiger partial charge in [-0.3, -0.25) is 19.2 Å². The van der Waals surface area contributed by atoms with Gasteiger partial charge in [-0.2, -0.15) is 0 Å². The van der Waals surface area contributed by atoms with E-state index in [4.69, 9.17) is 47.0 Å². The molecule has 0 spiro atoms. The first kappa shape index (κ1) is 52.8. The molecular formula is C44H63N7O10. The summed E-state index contributed by atoms with van der Waals surface area (Å²) in [7, 11) is 0. The van der Waals surface area contributed by atoms with Gasteiger partial charge in [0.1, 0.15) is 37.9 Å². The minimum absolute atomic E-state index is 0.0481. The van der Waals surface area contributed by atoms with Crippen molar-refractivity contribution >= 4 is 46.5 Å². The number of rotatable bonds is 24. The molecule has 0 fully saturated rings. The number of carboxylic acids is 3. The summed E-state index contributed by atoms with van der Waals surface area (Å²) in [6.07, 6.45) is 2.95. The number of hydrogen-bond donors (Lipinski definition) is 7. The van der Waals surface area contributed by atoms with Crippen molar-refractivity contribution in [2.24, 2.45) is 32.7 Å². The number of carboxylic acid groups (broad SMARTS) is 3. The van der Waals surface area contributed by atoms with Crippen molar-refractivity contribution in [3.05, 3.63) is 101 Å². The van der Waals surface area contributed by atoms with E-state index in [0.29, 0.717) is 38.2 Å². The summed E-state index contributed by atoms with van der Waals surface area (Å²) in [5.74, 6) is -3.05. The van der Waals surface area contributed by atoms with Crippen LogP contribution in [-0.4, -0.2) is 101 Å². The monoisotopic (exact) mass is 849 g/mol. The summed E-state index contributed by atoms with van der Waals surface area (Å²) in [6.45, 7) is 13.1. The number of hydrogen-bond acceptors (Lipinski definition) is 14. The highest BCUT2D eigenvalue weighted by molar-refractivity contribution is 5.96. The molecule has 3 unspecified atom stereocenters. The molecule has 0 aliphatic heterocycles. The SMILES string of the molecule is CC(C)=NOCCC(=O)c1ccc(CC(N)C(=O)O)cc1.CC(C)=NOCCCc1ccc(CC(N)C(=O)O)cc1.CC(C)=NOCCNc1ccc(CC(N)C(=O)O)cc1. The van der Waals surface area contributed by atoms with E-state index in [9.17, 15) is 19.2 Å². The molecule has 17 nitrogen and oxygen atoms in total.